The maximum absolute atomic E-state index is 13.4. The minimum absolute atomic E-state index is 0.0224. The summed E-state index contributed by atoms with van der Waals surface area (Å²) in [6.07, 6.45) is 1.17. The lowest BCUT2D eigenvalue weighted by Gasteiger charge is -2.32. The van der Waals surface area contributed by atoms with Crippen molar-refractivity contribution in [3.63, 3.8) is 0 Å². The van der Waals surface area contributed by atoms with Crippen molar-refractivity contribution in [3.05, 3.63) is 64.4 Å². The van der Waals surface area contributed by atoms with Gasteiger partial charge in [-0.1, -0.05) is 41.6 Å². The number of hydrogen-bond acceptors (Lipinski definition) is 6. The second-order valence-corrected chi connectivity index (χ2v) is 10.2. The SMILES string of the molecule is Cc1ccc(-n2c(=O)c3ccccc3n3c(SC(C)C(=O)N4CCC(C(N)=O)CC4)nnc23)cc1. The van der Waals surface area contributed by atoms with Crippen molar-refractivity contribution in [2.45, 2.75) is 37.1 Å². The molecule has 4 aromatic rings. The summed E-state index contributed by atoms with van der Waals surface area (Å²) in [4.78, 5) is 39.8. The quantitative estimate of drug-likeness (QED) is 0.430. The standard InChI is InChI=1S/C25H26N6O3S/c1-15-7-9-18(10-8-15)30-23(34)19-5-3-4-6-20(19)31-24(30)27-28-25(31)35-16(2)22(33)29-13-11-17(12-14-29)21(26)32/h3-10,16-17H,11-14H2,1-2H3,(H2,26,32). The first-order valence-corrected chi connectivity index (χ1v) is 12.4. The molecule has 0 radical (unpaired) electrons. The van der Waals surface area contributed by atoms with Crippen LogP contribution in [0.3, 0.4) is 0 Å². The number of carbonyl (C=O) groups is 2. The summed E-state index contributed by atoms with van der Waals surface area (Å²) in [5, 5.41) is 9.38. The molecule has 1 aliphatic rings. The molecule has 3 heterocycles. The van der Waals surface area contributed by atoms with E-state index in [1.165, 1.54) is 11.8 Å². The highest BCUT2D eigenvalue weighted by atomic mass is 32.2. The van der Waals surface area contributed by atoms with Crippen molar-refractivity contribution in [2.24, 2.45) is 11.7 Å². The van der Waals surface area contributed by atoms with Crippen LogP contribution in [0.15, 0.2) is 58.5 Å². The molecule has 0 aliphatic carbocycles. The number of carbonyl (C=O) groups excluding carboxylic acids is 2. The van der Waals surface area contributed by atoms with E-state index >= 15 is 0 Å². The number of benzene rings is 2. The summed E-state index contributed by atoms with van der Waals surface area (Å²) in [5.41, 5.74) is 7.71. The van der Waals surface area contributed by atoms with Gasteiger partial charge in [-0.05, 0) is 51.0 Å². The van der Waals surface area contributed by atoms with E-state index < -0.39 is 5.25 Å². The van der Waals surface area contributed by atoms with Gasteiger partial charge < -0.3 is 10.6 Å². The van der Waals surface area contributed by atoms with Gasteiger partial charge in [0.1, 0.15) is 0 Å². The summed E-state index contributed by atoms with van der Waals surface area (Å²) in [6, 6.07) is 15.0. The third-order valence-corrected chi connectivity index (χ3v) is 7.56. The molecule has 2 aromatic heterocycles. The van der Waals surface area contributed by atoms with Crippen LogP contribution in [0.4, 0.5) is 0 Å². The van der Waals surface area contributed by atoms with Crippen molar-refractivity contribution in [2.75, 3.05) is 13.1 Å². The van der Waals surface area contributed by atoms with Crippen LogP contribution in [0.5, 0.6) is 0 Å². The topological polar surface area (TPSA) is 116 Å². The minimum atomic E-state index is -0.425. The van der Waals surface area contributed by atoms with E-state index in [2.05, 4.69) is 10.2 Å². The molecule has 1 saturated heterocycles. The summed E-state index contributed by atoms with van der Waals surface area (Å²) >= 11 is 1.31. The Labute approximate surface area is 205 Å². The van der Waals surface area contributed by atoms with Gasteiger partial charge in [0.25, 0.3) is 5.56 Å². The van der Waals surface area contributed by atoms with Crippen molar-refractivity contribution in [1.29, 1.82) is 0 Å². The largest absolute Gasteiger partial charge is 0.369 e. The Kier molecular flexibility index (Phi) is 6.06. The number of likely N-dealkylation sites (tertiary alicyclic amines) is 1. The predicted octanol–water partition coefficient (Wildman–Crippen LogP) is 2.55. The van der Waals surface area contributed by atoms with Gasteiger partial charge in [-0.2, -0.15) is 0 Å². The Hall–Kier alpha value is -3.66. The first-order valence-electron chi connectivity index (χ1n) is 11.6. The van der Waals surface area contributed by atoms with Crippen molar-refractivity contribution >= 4 is 40.3 Å². The zero-order valence-electron chi connectivity index (χ0n) is 19.5. The van der Waals surface area contributed by atoms with E-state index in [4.69, 9.17) is 5.73 Å². The van der Waals surface area contributed by atoms with Gasteiger partial charge in [0.15, 0.2) is 5.16 Å². The minimum Gasteiger partial charge on any atom is -0.369 e. The normalized spacial score (nSPS) is 15.5. The number of rotatable bonds is 5. The number of aromatic nitrogens is 4. The maximum Gasteiger partial charge on any atom is 0.267 e. The molecule has 180 valence electrons. The Morgan fingerprint density at radius 1 is 1.06 bits per heavy atom. The molecule has 35 heavy (non-hydrogen) atoms. The molecule has 0 saturated carbocycles. The van der Waals surface area contributed by atoms with Crippen LogP contribution in [0.1, 0.15) is 25.3 Å². The molecule has 10 heteroatoms. The molecule has 2 N–H and O–H groups in total. The lowest BCUT2D eigenvalue weighted by molar-refractivity contribution is -0.134. The van der Waals surface area contributed by atoms with Gasteiger partial charge >= 0.3 is 0 Å². The fraction of sp³-hybridized carbons (Fsp3) is 0.320. The van der Waals surface area contributed by atoms with Gasteiger partial charge in [-0.25, -0.2) is 4.57 Å². The van der Waals surface area contributed by atoms with Crippen LogP contribution >= 0.6 is 11.8 Å². The van der Waals surface area contributed by atoms with E-state index in [-0.39, 0.29) is 23.3 Å². The Bertz CT molecular complexity index is 1490. The van der Waals surface area contributed by atoms with Crippen LogP contribution in [0.2, 0.25) is 0 Å². The summed E-state index contributed by atoms with van der Waals surface area (Å²) < 4.78 is 3.39. The smallest absolute Gasteiger partial charge is 0.267 e. The average Bonchev–Trinajstić information content (AvgIpc) is 3.28. The van der Waals surface area contributed by atoms with E-state index in [9.17, 15) is 14.4 Å². The molecule has 5 rings (SSSR count). The Morgan fingerprint density at radius 3 is 2.43 bits per heavy atom. The molecule has 2 amide bonds. The van der Waals surface area contributed by atoms with Gasteiger partial charge in [0.2, 0.25) is 17.6 Å². The lowest BCUT2D eigenvalue weighted by Crippen LogP contribution is -2.44. The summed E-state index contributed by atoms with van der Waals surface area (Å²) in [5.74, 6) is -0.110. The van der Waals surface area contributed by atoms with Crippen molar-refractivity contribution < 1.29 is 9.59 Å². The van der Waals surface area contributed by atoms with Crippen LogP contribution in [0.25, 0.3) is 22.4 Å². The van der Waals surface area contributed by atoms with Crippen LogP contribution in [0, 0.1) is 12.8 Å². The lowest BCUT2D eigenvalue weighted by atomic mass is 9.96. The molecular formula is C25H26N6O3S. The van der Waals surface area contributed by atoms with Gasteiger partial charge in [-0.15, -0.1) is 10.2 Å². The zero-order chi connectivity index (χ0) is 24.7. The maximum atomic E-state index is 13.4. The summed E-state index contributed by atoms with van der Waals surface area (Å²) in [7, 11) is 0. The molecule has 1 aliphatic heterocycles. The second kappa shape index (κ2) is 9.18. The molecule has 9 nitrogen and oxygen atoms in total. The van der Waals surface area contributed by atoms with Crippen LogP contribution in [-0.2, 0) is 9.59 Å². The van der Waals surface area contributed by atoms with Gasteiger partial charge in [0, 0.05) is 19.0 Å². The molecular weight excluding hydrogens is 464 g/mol. The highest BCUT2D eigenvalue weighted by molar-refractivity contribution is 8.00. The van der Waals surface area contributed by atoms with Crippen LogP contribution < -0.4 is 11.3 Å². The number of amides is 2. The first-order chi connectivity index (χ1) is 16.8. The zero-order valence-corrected chi connectivity index (χ0v) is 20.4. The summed E-state index contributed by atoms with van der Waals surface area (Å²) in [6.45, 7) is 4.84. The second-order valence-electron chi connectivity index (χ2n) is 8.87. The molecule has 1 atom stereocenters. The first kappa shape index (κ1) is 23.1. The number of para-hydroxylation sites is 1. The van der Waals surface area contributed by atoms with Crippen LogP contribution in [-0.4, -0.2) is 54.2 Å². The molecule has 0 spiro atoms. The predicted molar refractivity (Wildman–Crippen MR) is 135 cm³/mol. The number of piperidine rings is 1. The number of hydrogen-bond donors (Lipinski definition) is 1. The fourth-order valence-electron chi connectivity index (χ4n) is 4.53. The average molecular weight is 491 g/mol. The highest BCUT2D eigenvalue weighted by Gasteiger charge is 2.30. The van der Waals surface area contributed by atoms with E-state index in [1.807, 2.05) is 60.7 Å². The number of nitrogens with zero attached hydrogens (tertiary/aromatic N) is 5. The highest BCUT2D eigenvalue weighted by Crippen LogP contribution is 2.28. The Morgan fingerprint density at radius 2 is 1.74 bits per heavy atom. The van der Waals surface area contributed by atoms with Crippen molar-refractivity contribution in [1.82, 2.24) is 24.1 Å². The molecule has 1 unspecified atom stereocenters. The van der Waals surface area contributed by atoms with E-state index in [0.717, 1.165) is 5.56 Å². The number of primary amides is 1. The fourth-order valence-corrected chi connectivity index (χ4v) is 5.47. The van der Waals surface area contributed by atoms with Crippen molar-refractivity contribution in [3.8, 4) is 5.69 Å². The molecule has 2 aromatic carbocycles. The number of fused-ring (bicyclic) bond motifs is 3. The third-order valence-electron chi connectivity index (χ3n) is 6.53. The third kappa shape index (κ3) is 4.18. The van der Waals surface area contributed by atoms with E-state index in [1.54, 1.807) is 15.5 Å². The number of nitrogens with two attached hydrogens (primary N) is 1. The van der Waals surface area contributed by atoms with E-state index in [0.29, 0.717) is 53.5 Å². The molecule has 0 bridgehead atoms. The van der Waals surface area contributed by atoms with Gasteiger partial charge in [0.05, 0.1) is 21.8 Å². The number of aryl methyl sites for hydroxylation is 1. The number of thioether (sulfide) groups is 1. The molecule has 1 fully saturated rings. The Balaban J connectivity index is 1.52. The van der Waals surface area contributed by atoms with Gasteiger partial charge in [-0.3, -0.25) is 18.8 Å². The monoisotopic (exact) mass is 490 g/mol.